The van der Waals surface area contributed by atoms with Crippen molar-refractivity contribution in [2.24, 2.45) is 5.92 Å². The number of non-ortho nitro benzene ring substituents is 1. The molecule has 2 fully saturated rings. The topological polar surface area (TPSA) is 79.2 Å². The van der Waals surface area contributed by atoms with Crippen LogP contribution in [0.25, 0.3) is 0 Å². The van der Waals surface area contributed by atoms with Crippen LogP contribution in [0.2, 0.25) is 0 Å². The Bertz CT molecular complexity index is 713. The predicted octanol–water partition coefficient (Wildman–Crippen LogP) is 3.40. The first kappa shape index (κ1) is 23.5. The number of rotatable bonds is 8. The third-order valence-corrected chi connectivity index (χ3v) is 6.47. The molecule has 0 spiro atoms. The third kappa shape index (κ3) is 6.64. The molecule has 172 valence electrons. The molecule has 2 aliphatic rings. The molecule has 1 aromatic rings. The molecule has 1 aromatic carbocycles. The van der Waals surface area contributed by atoms with Gasteiger partial charge in [0.1, 0.15) is 0 Å². The number of ether oxygens (including phenoxy) is 1. The van der Waals surface area contributed by atoms with Crippen molar-refractivity contribution in [3.8, 4) is 0 Å². The van der Waals surface area contributed by atoms with Gasteiger partial charge in [-0.3, -0.25) is 10.1 Å². The number of likely N-dealkylation sites (tertiary alicyclic amines) is 1. The SMILES string of the molecule is CCCN(CC1CCN(C(=O)N2CCOCC2)CC1)C(C)Cc1ccc([N+](=O)[O-])cc1. The Morgan fingerprint density at radius 1 is 1.16 bits per heavy atom. The fourth-order valence-corrected chi connectivity index (χ4v) is 4.60. The quantitative estimate of drug-likeness (QED) is 0.465. The number of piperidine rings is 1. The highest BCUT2D eigenvalue weighted by Crippen LogP contribution is 2.22. The summed E-state index contributed by atoms with van der Waals surface area (Å²) in [6.45, 7) is 10.9. The highest BCUT2D eigenvalue weighted by molar-refractivity contribution is 5.74. The first-order chi connectivity index (χ1) is 15.0. The summed E-state index contributed by atoms with van der Waals surface area (Å²) in [6, 6.07) is 7.46. The number of amides is 2. The largest absolute Gasteiger partial charge is 0.378 e. The van der Waals surface area contributed by atoms with Crippen LogP contribution in [0.3, 0.4) is 0 Å². The fourth-order valence-electron chi connectivity index (χ4n) is 4.60. The molecule has 2 saturated heterocycles. The lowest BCUT2D eigenvalue weighted by Gasteiger charge is -2.39. The number of morpholine rings is 1. The van der Waals surface area contributed by atoms with Crippen LogP contribution in [0.1, 0.15) is 38.7 Å². The van der Waals surface area contributed by atoms with Crippen LogP contribution in [0, 0.1) is 16.0 Å². The molecule has 1 atom stereocenters. The van der Waals surface area contributed by atoms with Gasteiger partial charge in [0.05, 0.1) is 18.1 Å². The molecule has 2 heterocycles. The van der Waals surface area contributed by atoms with Gasteiger partial charge < -0.3 is 19.4 Å². The lowest BCUT2D eigenvalue weighted by molar-refractivity contribution is -0.384. The number of benzene rings is 1. The van der Waals surface area contributed by atoms with Crippen molar-refractivity contribution in [1.29, 1.82) is 0 Å². The van der Waals surface area contributed by atoms with Gasteiger partial charge in [-0.15, -0.1) is 0 Å². The van der Waals surface area contributed by atoms with Crippen LogP contribution in [-0.4, -0.2) is 84.2 Å². The van der Waals surface area contributed by atoms with Crippen molar-refractivity contribution >= 4 is 11.7 Å². The van der Waals surface area contributed by atoms with Crippen molar-refractivity contribution in [2.75, 3.05) is 52.5 Å². The van der Waals surface area contributed by atoms with Gasteiger partial charge in [0.15, 0.2) is 0 Å². The Hall–Kier alpha value is -2.19. The lowest BCUT2D eigenvalue weighted by atomic mass is 9.95. The van der Waals surface area contributed by atoms with E-state index in [-0.39, 0.29) is 16.6 Å². The summed E-state index contributed by atoms with van der Waals surface area (Å²) in [4.78, 5) is 29.7. The molecule has 1 unspecified atom stereocenters. The van der Waals surface area contributed by atoms with Crippen LogP contribution in [0.5, 0.6) is 0 Å². The van der Waals surface area contributed by atoms with E-state index in [1.807, 2.05) is 21.9 Å². The van der Waals surface area contributed by atoms with E-state index in [0.717, 1.165) is 57.4 Å². The Kier molecular flexibility index (Phi) is 8.66. The number of carbonyl (C=O) groups excluding carboxylic acids is 1. The Balaban J connectivity index is 1.49. The minimum absolute atomic E-state index is 0.139. The van der Waals surface area contributed by atoms with E-state index >= 15 is 0 Å². The summed E-state index contributed by atoms with van der Waals surface area (Å²) in [5, 5.41) is 10.9. The van der Waals surface area contributed by atoms with E-state index in [1.54, 1.807) is 12.1 Å². The van der Waals surface area contributed by atoms with E-state index in [2.05, 4.69) is 18.7 Å². The van der Waals surface area contributed by atoms with Crippen molar-refractivity contribution in [1.82, 2.24) is 14.7 Å². The molecule has 2 amide bonds. The summed E-state index contributed by atoms with van der Waals surface area (Å²) in [5.74, 6) is 0.597. The van der Waals surface area contributed by atoms with Crippen molar-refractivity contribution < 1.29 is 14.5 Å². The number of nitrogens with zero attached hydrogens (tertiary/aromatic N) is 4. The highest BCUT2D eigenvalue weighted by Gasteiger charge is 2.28. The summed E-state index contributed by atoms with van der Waals surface area (Å²) in [7, 11) is 0. The molecule has 2 aliphatic heterocycles. The zero-order chi connectivity index (χ0) is 22.2. The first-order valence-corrected chi connectivity index (χ1v) is 11.6. The maximum atomic E-state index is 12.7. The van der Waals surface area contributed by atoms with Gasteiger partial charge in [-0.1, -0.05) is 19.1 Å². The molecule has 31 heavy (non-hydrogen) atoms. The molecular weight excluding hydrogens is 396 g/mol. The number of urea groups is 1. The molecule has 0 bridgehead atoms. The normalized spacial score (nSPS) is 18.9. The monoisotopic (exact) mass is 432 g/mol. The summed E-state index contributed by atoms with van der Waals surface area (Å²) < 4.78 is 5.35. The second-order valence-corrected chi connectivity index (χ2v) is 8.78. The van der Waals surface area contributed by atoms with Gasteiger partial charge in [-0.25, -0.2) is 4.79 Å². The van der Waals surface area contributed by atoms with Crippen molar-refractivity contribution in [2.45, 2.75) is 45.6 Å². The van der Waals surface area contributed by atoms with E-state index < -0.39 is 0 Å². The average molecular weight is 433 g/mol. The van der Waals surface area contributed by atoms with Gasteiger partial charge in [0.2, 0.25) is 0 Å². The van der Waals surface area contributed by atoms with Gasteiger partial charge in [0.25, 0.3) is 5.69 Å². The van der Waals surface area contributed by atoms with E-state index in [4.69, 9.17) is 4.74 Å². The zero-order valence-corrected chi connectivity index (χ0v) is 18.9. The zero-order valence-electron chi connectivity index (χ0n) is 18.9. The Labute approximate surface area is 185 Å². The summed E-state index contributed by atoms with van der Waals surface area (Å²) in [5.41, 5.74) is 1.27. The number of hydrogen-bond acceptors (Lipinski definition) is 5. The summed E-state index contributed by atoms with van der Waals surface area (Å²) in [6.07, 6.45) is 4.06. The van der Waals surface area contributed by atoms with Crippen molar-refractivity contribution in [3.63, 3.8) is 0 Å². The number of hydrogen-bond donors (Lipinski definition) is 0. The molecule has 8 nitrogen and oxygen atoms in total. The predicted molar refractivity (Wildman–Crippen MR) is 120 cm³/mol. The van der Waals surface area contributed by atoms with Gasteiger partial charge in [-0.2, -0.15) is 0 Å². The van der Waals surface area contributed by atoms with Crippen LogP contribution in [-0.2, 0) is 11.2 Å². The molecule has 0 N–H and O–H groups in total. The molecule has 0 radical (unpaired) electrons. The van der Waals surface area contributed by atoms with Gasteiger partial charge in [0, 0.05) is 50.9 Å². The van der Waals surface area contributed by atoms with Crippen LogP contribution < -0.4 is 0 Å². The average Bonchev–Trinajstić information content (AvgIpc) is 2.79. The lowest BCUT2D eigenvalue weighted by Crippen LogP contribution is -2.51. The van der Waals surface area contributed by atoms with Crippen LogP contribution in [0.4, 0.5) is 10.5 Å². The van der Waals surface area contributed by atoms with Crippen LogP contribution in [0.15, 0.2) is 24.3 Å². The minimum atomic E-state index is -0.354. The highest BCUT2D eigenvalue weighted by atomic mass is 16.6. The fraction of sp³-hybridized carbons (Fsp3) is 0.696. The van der Waals surface area contributed by atoms with Crippen LogP contribution >= 0.6 is 0 Å². The second kappa shape index (κ2) is 11.4. The second-order valence-electron chi connectivity index (χ2n) is 8.78. The standard InChI is InChI=1S/C23H36N4O4/c1-3-10-26(19(2)17-20-4-6-22(7-5-20)27(29)30)18-21-8-11-24(12-9-21)23(28)25-13-15-31-16-14-25/h4-7,19,21H,3,8-18H2,1-2H3. The maximum Gasteiger partial charge on any atom is 0.320 e. The van der Waals surface area contributed by atoms with Gasteiger partial charge >= 0.3 is 6.03 Å². The van der Waals surface area contributed by atoms with E-state index in [9.17, 15) is 14.9 Å². The summed E-state index contributed by atoms with van der Waals surface area (Å²) >= 11 is 0. The third-order valence-electron chi connectivity index (χ3n) is 6.47. The maximum absolute atomic E-state index is 12.7. The first-order valence-electron chi connectivity index (χ1n) is 11.6. The molecule has 0 aromatic heterocycles. The molecular formula is C23H36N4O4. The molecule has 8 heteroatoms. The van der Waals surface area contributed by atoms with Gasteiger partial charge in [-0.05, 0) is 50.6 Å². The smallest absolute Gasteiger partial charge is 0.320 e. The Morgan fingerprint density at radius 3 is 2.35 bits per heavy atom. The van der Waals surface area contributed by atoms with E-state index in [0.29, 0.717) is 38.3 Å². The minimum Gasteiger partial charge on any atom is -0.378 e. The number of nitro groups is 1. The molecule has 0 aliphatic carbocycles. The molecule has 3 rings (SSSR count). The molecule has 0 saturated carbocycles. The Morgan fingerprint density at radius 2 is 1.77 bits per heavy atom. The van der Waals surface area contributed by atoms with Crippen molar-refractivity contribution in [3.05, 3.63) is 39.9 Å². The number of nitro benzene ring substituents is 1. The van der Waals surface area contributed by atoms with E-state index in [1.165, 1.54) is 0 Å². The number of carbonyl (C=O) groups is 1.